The van der Waals surface area contributed by atoms with Crippen molar-refractivity contribution in [2.24, 2.45) is 0 Å². The Labute approximate surface area is 172 Å². The Morgan fingerprint density at radius 3 is 2.90 bits per heavy atom. The number of hydrogen-bond acceptors (Lipinski definition) is 8. The van der Waals surface area contributed by atoms with Crippen molar-refractivity contribution < 1.29 is 9.52 Å². The molecule has 0 radical (unpaired) electrons. The van der Waals surface area contributed by atoms with E-state index in [1.54, 1.807) is 0 Å². The van der Waals surface area contributed by atoms with Crippen LogP contribution in [0.15, 0.2) is 39.7 Å². The fourth-order valence-electron chi connectivity index (χ4n) is 3.31. The molecule has 8 nitrogen and oxygen atoms in total. The number of aliphatic hydroxyl groups is 1. The third kappa shape index (κ3) is 4.03. The Morgan fingerprint density at radius 1 is 1.21 bits per heavy atom. The maximum Gasteiger partial charge on any atom is 0.277 e. The molecule has 3 heterocycles. The molecule has 2 aromatic heterocycles. The highest BCUT2D eigenvalue weighted by Crippen LogP contribution is 2.28. The second-order valence-electron chi connectivity index (χ2n) is 6.81. The van der Waals surface area contributed by atoms with Gasteiger partial charge in [0.05, 0.1) is 5.75 Å². The SMILES string of the molecule is Cc1ccccc1-c1nnc(SC/C(O)=C(\C#N)c2nnc3n2CCCCC3)o1. The minimum Gasteiger partial charge on any atom is -0.510 e. The monoisotopic (exact) mass is 408 g/mol. The molecule has 3 aromatic rings. The Bertz CT molecular complexity index is 1090. The average molecular weight is 408 g/mol. The van der Waals surface area contributed by atoms with E-state index in [2.05, 4.69) is 26.5 Å². The van der Waals surface area contributed by atoms with E-state index in [1.807, 2.05) is 35.8 Å². The maximum absolute atomic E-state index is 10.5. The second-order valence-corrected chi connectivity index (χ2v) is 7.74. The van der Waals surface area contributed by atoms with E-state index in [1.165, 1.54) is 11.8 Å². The van der Waals surface area contributed by atoms with Gasteiger partial charge in [-0.15, -0.1) is 20.4 Å². The molecule has 0 spiro atoms. The lowest BCUT2D eigenvalue weighted by molar-refractivity contribution is 0.418. The van der Waals surface area contributed by atoms with E-state index in [4.69, 9.17) is 4.42 Å². The van der Waals surface area contributed by atoms with Crippen molar-refractivity contribution in [3.05, 3.63) is 47.2 Å². The van der Waals surface area contributed by atoms with Gasteiger partial charge < -0.3 is 14.1 Å². The van der Waals surface area contributed by atoms with Gasteiger partial charge in [0.25, 0.3) is 5.22 Å². The van der Waals surface area contributed by atoms with Crippen LogP contribution in [-0.2, 0) is 13.0 Å². The number of fused-ring (bicyclic) bond motifs is 1. The van der Waals surface area contributed by atoms with E-state index < -0.39 is 0 Å². The van der Waals surface area contributed by atoms with E-state index in [9.17, 15) is 10.4 Å². The summed E-state index contributed by atoms with van der Waals surface area (Å²) in [7, 11) is 0. The van der Waals surface area contributed by atoms with Crippen molar-refractivity contribution in [3.63, 3.8) is 0 Å². The number of aromatic nitrogens is 5. The number of nitrogens with zero attached hydrogens (tertiary/aromatic N) is 6. The first-order chi connectivity index (χ1) is 14.2. The first-order valence-electron chi connectivity index (χ1n) is 9.44. The normalized spacial score (nSPS) is 14.6. The van der Waals surface area contributed by atoms with Crippen molar-refractivity contribution in [2.75, 3.05) is 5.75 Å². The molecule has 0 atom stereocenters. The van der Waals surface area contributed by atoms with Crippen LogP contribution in [-0.4, -0.2) is 35.8 Å². The number of aliphatic hydroxyl groups excluding tert-OH is 1. The molecule has 0 aliphatic carbocycles. The highest BCUT2D eigenvalue weighted by atomic mass is 32.2. The van der Waals surface area contributed by atoms with Gasteiger partial charge in [0.1, 0.15) is 23.2 Å². The second kappa shape index (κ2) is 8.49. The molecule has 0 saturated heterocycles. The molecule has 1 N–H and O–H groups in total. The van der Waals surface area contributed by atoms with Gasteiger partial charge in [-0.25, -0.2) is 0 Å². The number of benzene rings is 1. The van der Waals surface area contributed by atoms with Gasteiger partial charge in [-0.2, -0.15) is 5.26 Å². The summed E-state index contributed by atoms with van der Waals surface area (Å²) in [6, 6.07) is 9.82. The van der Waals surface area contributed by atoms with E-state index in [0.29, 0.717) is 16.9 Å². The molecule has 0 fully saturated rings. The van der Waals surface area contributed by atoms with Crippen LogP contribution in [0.2, 0.25) is 0 Å². The van der Waals surface area contributed by atoms with Gasteiger partial charge in [-0.3, -0.25) is 0 Å². The summed E-state index contributed by atoms with van der Waals surface area (Å²) >= 11 is 1.18. The molecular formula is C20H20N6O2S. The van der Waals surface area contributed by atoms with Crippen LogP contribution in [0.3, 0.4) is 0 Å². The molecule has 4 rings (SSSR count). The third-order valence-electron chi connectivity index (χ3n) is 4.85. The zero-order valence-corrected chi connectivity index (χ0v) is 16.8. The number of rotatable bonds is 5. The minimum atomic E-state index is -0.0763. The lowest BCUT2D eigenvalue weighted by atomic mass is 10.1. The molecule has 1 aliphatic heterocycles. The van der Waals surface area contributed by atoms with Crippen molar-refractivity contribution >= 4 is 17.3 Å². The molecule has 9 heteroatoms. The quantitative estimate of drug-likeness (QED) is 0.383. The molecule has 1 aliphatic rings. The zero-order valence-electron chi connectivity index (χ0n) is 16.0. The largest absolute Gasteiger partial charge is 0.510 e. The van der Waals surface area contributed by atoms with Crippen LogP contribution in [0.4, 0.5) is 0 Å². The Balaban J connectivity index is 1.52. The van der Waals surface area contributed by atoms with Gasteiger partial charge in [0, 0.05) is 18.5 Å². The maximum atomic E-state index is 10.5. The summed E-state index contributed by atoms with van der Waals surface area (Å²) in [5.74, 6) is 1.77. The smallest absolute Gasteiger partial charge is 0.277 e. The van der Waals surface area contributed by atoms with Gasteiger partial charge in [0.15, 0.2) is 5.82 Å². The number of allylic oxidation sites excluding steroid dienone is 1. The molecule has 148 valence electrons. The molecular weight excluding hydrogens is 388 g/mol. The fourth-order valence-corrected chi connectivity index (χ4v) is 3.95. The summed E-state index contributed by atoms with van der Waals surface area (Å²) in [6.07, 6.45) is 4.03. The van der Waals surface area contributed by atoms with Crippen molar-refractivity contribution in [3.8, 4) is 17.5 Å². The summed E-state index contributed by atoms with van der Waals surface area (Å²) in [4.78, 5) is 0. The zero-order chi connectivity index (χ0) is 20.2. The molecule has 29 heavy (non-hydrogen) atoms. The molecule has 0 bridgehead atoms. The van der Waals surface area contributed by atoms with E-state index >= 15 is 0 Å². The predicted molar refractivity (Wildman–Crippen MR) is 108 cm³/mol. The molecule has 0 amide bonds. The first-order valence-corrected chi connectivity index (χ1v) is 10.4. The van der Waals surface area contributed by atoms with Gasteiger partial charge in [0.2, 0.25) is 5.89 Å². The average Bonchev–Trinajstić information content (AvgIpc) is 3.28. The Morgan fingerprint density at radius 2 is 2.07 bits per heavy atom. The number of aryl methyl sites for hydroxylation is 2. The van der Waals surface area contributed by atoms with E-state index in [-0.39, 0.29) is 17.1 Å². The molecule has 0 unspecified atom stereocenters. The molecule has 0 saturated carbocycles. The predicted octanol–water partition coefficient (Wildman–Crippen LogP) is 3.95. The third-order valence-corrected chi connectivity index (χ3v) is 5.68. The topological polar surface area (TPSA) is 114 Å². The highest BCUT2D eigenvalue weighted by molar-refractivity contribution is 7.99. The van der Waals surface area contributed by atoms with Crippen LogP contribution in [0.1, 0.15) is 36.5 Å². The summed E-state index contributed by atoms with van der Waals surface area (Å²) in [5, 5.41) is 37.0. The van der Waals surface area contributed by atoms with Crippen molar-refractivity contribution in [2.45, 2.75) is 44.4 Å². The lowest BCUT2D eigenvalue weighted by Crippen LogP contribution is -2.07. The standard InChI is InChI=1S/C20H20N6O2S/c1-13-7-4-5-8-14(13)19-24-25-20(28-19)29-12-16(27)15(11-21)18-23-22-17-9-3-2-6-10-26(17)18/h4-5,7-8,27H,2-3,6,9-10,12H2,1H3/b16-15-. The summed E-state index contributed by atoms with van der Waals surface area (Å²) in [5.41, 5.74) is 2.04. The van der Waals surface area contributed by atoms with Gasteiger partial charge in [-0.05, 0) is 31.4 Å². The highest BCUT2D eigenvalue weighted by Gasteiger charge is 2.21. The van der Waals surface area contributed by atoms with Crippen LogP contribution in [0.5, 0.6) is 0 Å². The number of hydrogen-bond donors (Lipinski definition) is 1. The summed E-state index contributed by atoms with van der Waals surface area (Å²) < 4.78 is 7.64. The van der Waals surface area contributed by atoms with Gasteiger partial charge >= 0.3 is 0 Å². The Hall–Kier alpha value is -3.12. The number of nitriles is 1. The number of thioether (sulfide) groups is 1. The van der Waals surface area contributed by atoms with Crippen LogP contribution >= 0.6 is 11.8 Å². The lowest BCUT2D eigenvalue weighted by Gasteiger charge is -2.07. The summed E-state index contributed by atoms with van der Waals surface area (Å²) in [6.45, 7) is 2.73. The van der Waals surface area contributed by atoms with Crippen molar-refractivity contribution in [1.82, 2.24) is 25.0 Å². The van der Waals surface area contributed by atoms with E-state index in [0.717, 1.165) is 49.2 Å². The fraction of sp³-hybridized carbons (Fsp3) is 0.350. The minimum absolute atomic E-state index is 0.0763. The van der Waals surface area contributed by atoms with Crippen LogP contribution < -0.4 is 0 Å². The van der Waals surface area contributed by atoms with Gasteiger partial charge in [-0.1, -0.05) is 36.4 Å². The molecule has 1 aromatic carbocycles. The van der Waals surface area contributed by atoms with Crippen LogP contribution in [0.25, 0.3) is 17.0 Å². The Kier molecular flexibility index (Phi) is 5.62. The van der Waals surface area contributed by atoms with Crippen LogP contribution in [0, 0.1) is 18.3 Å². The first kappa shape index (κ1) is 19.2. The van der Waals surface area contributed by atoms with Crippen molar-refractivity contribution in [1.29, 1.82) is 5.26 Å².